The monoisotopic (exact) mass is 318 g/mol. The van der Waals surface area contributed by atoms with Crippen LogP contribution in [0.1, 0.15) is 60.9 Å². The van der Waals surface area contributed by atoms with Crippen LogP contribution in [0.3, 0.4) is 0 Å². The minimum atomic E-state index is 0.0284. The second kappa shape index (κ2) is 7.26. The van der Waals surface area contributed by atoms with Crippen LogP contribution in [0.2, 0.25) is 0 Å². The Labute approximate surface area is 135 Å². The fourth-order valence-electron chi connectivity index (χ4n) is 3.59. The topological polar surface area (TPSA) is 69.5 Å². The van der Waals surface area contributed by atoms with Gasteiger partial charge in [0.05, 0.1) is 11.6 Å². The van der Waals surface area contributed by atoms with Gasteiger partial charge in [-0.1, -0.05) is 6.42 Å². The number of nitrogens with zero attached hydrogens (tertiary/aromatic N) is 1. The number of thiophene rings is 1. The van der Waals surface area contributed by atoms with Gasteiger partial charge in [-0.3, -0.25) is 4.79 Å². The first-order valence-electron chi connectivity index (χ1n) is 8.45. The molecule has 1 aromatic heterocycles. The summed E-state index contributed by atoms with van der Waals surface area (Å²) in [6.45, 7) is 0.470. The Morgan fingerprint density at radius 3 is 2.77 bits per heavy atom. The van der Waals surface area contributed by atoms with Crippen molar-refractivity contribution in [1.29, 1.82) is 5.26 Å². The lowest BCUT2D eigenvalue weighted by molar-refractivity contribution is -0.681. The predicted octanol–water partition coefficient (Wildman–Crippen LogP) is 2.33. The molecule has 1 fully saturated rings. The maximum atomic E-state index is 12.2. The highest BCUT2D eigenvalue weighted by Crippen LogP contribution is 2.37. The smallest absolute Gasteiger partial charge is 0.280 e. The van der Waals surface area contributed by atoms with E-state index in [9.17, 15) is 10.1 Å². The molecule has 0 bridgehead atoms. The summed E-state index contributed by atoms with van der Waals surface area (Å²) >= 11 is 1.61. The number of rotatable bonds is 4. The van der Waals surface area contributed by atoms with Crippen LogP contribution in [0.4, 0.5) is 5.00 Å². The summed E-state index contributed by atoms with van der Waals surface area (Å²) in [5.74, 6) is 0.0284. The summed E-state index contributed by atoms with van der Waals surface area (Å²) in [6, 6.07) is 2.90. The zero-order valence-electron chi connectivity index (χ0n) is 13.0. The molecule has 0 aliphatic heterocycles. The Balaban J connectivity index is 1.59. The molecule has 4 nitrogen and oxygen atoms in total. The second-order valence-electron chi connectivity index (χ2n) is 6.41. The lowest BCUT2D eigenvalue weighted by Crippen LogP contribution is -2.91. The van der Waals surface area contributed by atoms with Gasteiger partial charge in [0.2, 0.25) is 0 Å². The van der Waals surface area contributed by atoms with E-state index >= 15 is 0 Å². The summed E-state index contributed by atoms with van der Waals surface area (Å²) in [6.07, 6.45) is 10.8. The van der Waals surface area contributed by atoms with E-state index in [2.05, 4.69) is 16.7 Å². The first kappa shape index (κ1) is 15.5. The molecule has 22 heavy (non-hydrogen) atoms. The van der Waals surface area contributed by atoms with E-state index in [1.54, 1.807) is 11.3 Å². The number of nitrogens with two attached hydrogens (primary N) is 1. The first-order valence-corrected chi connectivity index (χ1v) is 9.27. The van der Waals surface area contributed by atoms with Gasteiger partial charge in [0.15, 0.2) is 6.54 Å². The van der Waals surface area contributed by atoms with Crippen molar-refractivity contribution in [2.45, 2.75) is 63.8 Å². The fourth-order valence-corrected chi connectivity index (χ4v) is 4.85. The van der Waals surface area contributed by atoms with Crippen molar-refractivity contribution >= 4 is 22.2 Å². The van der Waals surface area contributed by atoms with E-state index in [0.717, 1.165) is 24.3 Å². The van der Waals surface area contributed by atoms with Gasteiger partial charge in [-0.2, -0.15) is 5.26 Å². The zero-order chi connectivity index (χ0) is 15.4. The summed E-state index contributed by atoms with van der Waals surface area (Å²) in [4.78, 5) is 13.5. The van der Waals surface area contributed by atoms with Gasteiger partial charge in [0, 0.05) is 4.88 Å². The molecule has 0 radical (unpaired) electrons. The number of carbonyl (C=O) groups is 1. The third kappa shape index (κ3) is 3.50. The molecule has 1 aromatic rings. The molecule has 0 saturated heterocycles. The molecule has 2 aliphatic rings. The van der Waals surface area contributed by atoms with E-state index in [1.165, 1.54) is 49.0 Å². The van der Waals surface area contributed by atoms with Crippen molar-refractivity contribution in [3.8, 4) is 6.07 Å². The molecule has 0 atom stereocenters. The lowest BCUT2D eigenvalue weighted by Gasteiger charge is -2.19. The number of hydrogen-bond donors (Lipinski definition) is 2. The van der Waals surface area contributed by atoms with Crippen LogP contribution in [0.15, 0.2) is 0 Å². The number of aryl methyl sites for hydroxylation is 1. The number of amides is 1. The number of anilines is 1. The van der Waals surface area contributed by atoms with Crippen LogP contribution < -0.4 is 10.6 Å². The predicted molar refractivity (Wildman–Crippen MR) is 88.0 cm³/mol. The summed E-state index contributed by atoms with van der Waals surface area (Å²) < 4.78 is 0. The van der Waals surface area contributed by atoms with Crippen LogP contribution in [0.5, 0.6) is 0 Å². The third-order valence-corrected chi connectivity index (χ3v) is 6.03. The highest BCUT2D eigenvalue weighted by Gasteiger charge is 2.23. The van der Waals surface area contributed by atoms with Gasteiger partial charge < -0.3 is 10.6 Å². The minimum Gasteiger partial charge on any atom is -0.336 e. The Hall–Kier alpha value is -1.38. The molecule has 0 spiro atoms. The van der Waals surface area contributed by atoms with Gasteiger partial charge in [-0.05, 0) is 56.9 Å². The van der Waals surface area contributed by atoms with Crippen molar-refractivity contribution < 1.29 is 10.1 Å². The minimum absolute atomic E-state index is 0.0284. The fraction of sp³-hybridized carbons (Fsp3) is 0.647. The molecule has 0 unspecified atom stereocenters. The molecule has 3 rings (SSSR count). The third-order valence-electron chi connectivity index (χ3n) is 4.82. The van der Waals surface area contributed by atoms with Gasteiger partial charge >= 0.3 is 0 Å². The zero-order valence-corrected chi connectivity index (χ0v) is 13.8. The average Bonchev–Trinajstić information content (AvgIpc) is 2.91. The lowest BCUT2D eigenvalue weighted by atomic mass is 9.95. The molecule has 1 amide bonds. The van der Waals surface area contributed by atoms with E-state index in [-0.39, 0.29) is 5.91 Å². The van der Waals surface area contributed by atoms with E-state index in [1.807, 2.05) is 0 Å². The summed E-state index contributed by atoms with van der Waals surface area (Å²) in [7, 11) is 0. The van der Waals surface area contributed by atoms with Crippen LogP contribution >= 0.6 is 11.3 Å². The van der Waals surface area contributed by atoms with Gasteiger partial charge in [0.1, 0.15) is 11.1 Å². The summed E-state index contributed by atoms with van der Waals surface area (Å²) in [5, 5.41) is 15.3. The highest BCUT2D eigenvalue weighted by atomic mass is 32.1. The van der Waals surface area contributed by atoms with Gasteiger partial charge in [-0.15, -0.1) is 11.3 Å². The van der Waals surface area contributed by atoms with Gasteiger partial charge in [0.25, 0.3) is 5.91 Å². The first-order chi connectivity index (χ1) is 10.8. The van der Waals surface area contributed by atoms with Crippen LogP contribution in [-0.2, 0) is 17.6 Å². The normalized spacial score (nSPS) is 18.5. The number of quaternary nitrogens is 1. The number of fused-ring (bicyclic) bond motifs is 1. The molecule has 0 aromatic carbocycles. The number of nitrogens with one attached hydrogen (secondary N) is 1. The number of hydrogen-bond acceptors (Lipinski definition) is 3. The highest BCUT2D eigenvalue weighted by molar-refractivity contribution is 7.16. The quantitative estimate of drug-likeness (QED) is 0.894. The largest absolute Gasteiger partial charge is 0.336 e. The Kier molecular flexibility index (Phi) is 5.12. The molecule has 5 heteroatoms. The standard InChI is InChI=1S/C17H23N3OS/c18-10-14-13-8-4-5-9-15(13)22-17(14)20-16(21)11-19-12-6-2-1-3-7-12/h12,19H,1-9,11H2,(H,20,21)/p+1. The van der Waals surface area contributed by atoms with Crippen molar-refractivity contribution in [3.05, 3.63) is 16.0 Å². The van der Waals surface area contributed by atoms with Crippen molar-refractivity contribution in [2.24, 2.45) is 0 Å². The Morgan fingerprint density at radius 2 is 2.00 bits per heavy atom. The van der Waals surface area contributed by atoms with Gasteiger partial charge in [-0.25, -0.2) is 0 Å². The second-order valence-corrected chi connectivity index (χ2v) is 7.52. The Morgan fingerprint density at radius 1 is 1.23 bits per heavy atom. The van der Waals surface area contributed by atoms with Crippen molar-refractivity contribution in [2.75, 3.05) is 11.9 Å². The van der Waals surface area contributed by atoms with Crippen molar-refractivity contribution in [3.63, 3.8) is 0 Å². The van der Waals surface area contributed by atoms with E-state index in [0.29, 0.717) is 18.2 Å². The number of carbonyl (C=O) groups excluding carboxylic acids is 1. The molecule has 3 N–H and O–H groups in total. The maximum Gasteiger partial charge on any atom is 0.280 e. The molecule has 2 aliphatic carbocycles. The number of nitriles is 1. The average molecular weight is 318 g/mol. The molecule has 118 valence electrons. The Bertz CT molecular complexity index is 581. The SMILES string of the molecule is N#Cc1c(NC(=O)C[NH2+]C2CCCCC2)sc2c1CCCC2. The maximum absolute atomic E-state index is 12.2. The van der Waals surface area contributed by atoms with Crippen LogP contribution in [-0.4, -0.2) is 18.5 Å². The summed E-state index contributed by atoms with van der Waals surface area (Å²) in [5.41, 5.74) is 1.90. The van der Waals surface area contributed by atoms with Crippen LogP contribution in [0.25, 0.3) is 0 Å². The van der Waals surface area contributed by atoms with Crippen LogP contribution in [0, 0.1) is 11.3 Å². The van der Waals surface area contributed by atoms with E-state index < -0.39 is 0 Å². The molecular weight excluding hydrogens is 294 g/mol. The van der Waals surface area contributed by atoms with E-state index in [4.69, 9.17) is 0 Å². The molecular formula is C17H24N3OS+. The van der Waals surface area contributed by atoms with Crippen molar-refractivity contribution in [1.82, 2.24) is 0 Å². The molecule has 1 heterocycles. The molecule has 1 saturated carbocycles.